The number of amides is 1. The Hall–Kier alpha value is -1.88. The van der Waals surface area contributed by atoms with E-state index in [2.05, 4.69) is 28.5 Å². The molecule has 1 aromatic carbocycles. The number of nitrogen functional groups attached to an aromatic ring is 1. The number of hydrogen-bond acceptors (Lipinski definition) is 4. The van der Waals surface area contributed by atoms with Crippen molar-refractivity contribution >= 4 is 27.4 Å². The molecule has 108 valence electrons. The summed E-state index contributed by atoms with van der Waals surface area (Å²) in [6.45, 7) is 0. The third-order valence-corrected chi connectivity index (χ3v) is 5.00. The highest BCUT2D eigenvalue weighted by Crippen LogP contribution is 2.37. The molecule has 4 nitrogen and oxygen atoms in total. The molecule has 0 saturated heterocycles. The van der Waals surface area contributed by atoms with Crippen LogP contribution in [0, 0.1) is 5.92 Å². The summed E-state index contributed by atoms with van der Waals surface area (Å²) < 4.78 is 0. The third kappa shape index (κ3) is 2.42. The van der Waals surface area contributed by atoms with Gasteiger partial charge in [-0.3, -0.25) is 4.79 Å². The van der Waals surface area contributed by atoms with Gasteiger partial charge in [-0.1, -0.05) is 23.5 Å². The summed E-state index contributed by atoms with van der Waals surface area (Å²) in [5.74, 6) is 0.253. The van der Waals surface area contributed by atoms with Crippen molar-refractivity contribution in [2.45, 2.75) is 32.1 Å². The zero-order chi connectivity index (χ0) is 14.4. The normalized spacial score (nSPS) is 16.8. The molecule has 2 aliphatic rings. The topological polar surface area (TPSA) is 68.0 Å². The van der Waals surface area contributed by atoms with Crippen LogP contribution in [0.5, 0.6) is 0 Å². The maximum absolute atomic E-state index is 11.8. The molecule has 1 saturated carbocycles. The van der Waals surface area contributed by atoms with E-state index < -0.39 is 0 Å². The molecule has 1 amide bonds. The summed E-state index contributed by atoms with van der Waals surface area (Å²) in [5, 5.41) is 4.15. The number of aromatic nitrogens is 1. The molecule has 0 bridgehead atoms. The first-order valence-corrected chi connectivity index (χ1v) is 8.22. The lowest BCUT2D eigenvalue weighted by molar-refractivity contribution is -0.117. The van der Waals surface area contributed by atoms with Crippen molar-refractivity contribution in [3.05, 3.63) is 29.3 Å². The number of hydrogen-bond donors (Lipinski definition) is 2. The number of anilines is 2. The zero-order valence-corrected chi connectivity index (χ0v) is 12.5. The second kappa shape index (κ2) is 4.84. The molecule has 0 aliphatic heterocycles. The van der Waals surface area contributed by atoms with Gasteiger partial charge in [0.15, 0.2) is 5.13 Å². The van der Waals surface area contributed by atoms with Gasteiger partial charge in [0, 0.05) is 11.5 Å². The number of nitrogens with one attached hydrogen (secondary N) is 1. The van der Waals surface area contributed by atoms with E-state index in [0.717, 1.165) is 30.5 Å². The summed E-state index contributed by atoms with van der Waals surface area (Å²) in [5.41, 5.74) is 10.8. The quantitative estimate of drug-likeness (QED) is 0.914. The molecular formula is C16H17N3OS. The number of aryl methyl sites for hydroxylation is 2. The molecule has 21 heavy (non-hydrogen) atoms. The fourth-order valence-corrected chi connectivity index (χ4v) is 3.62. The predicted molar refractivity (Wildman–Crippen MR) is 85.3 cm³/mol. The SMILES string of the molecule is Nc1sc(NC(=O)C2CC2)nc1-c1ccc2c(c1)CCC2. The van der Waals surface area contributed by atoms with Crippen LogP contribution in [0.2, 0.25) is 0 Å². The van der Waals surface area contributed by atoms with Crippen LogP contribution in [-0.4, -0.2) is 10.9 Å². The smallest absolute Gasteiger partial charge is 0.229 e. The highest BCUT2D eigenvalue weighted by molar-refractivity contribution is 7.20. The van der Waals surface area contributed by atoms with Gasteiger partial charge in [-0.2, -0.15) is 0 Å². The number of carbonyl (C=O) groups excluding carboxylic acids is 1. The molecule has 0 spiro atoms. The molecule has 1 fully saturated rings. The standard InChI is InChI=1S/C16H17N3OS/c17-14-13(12-7-4-9-2-1-3-11(9)8-12)18-16(21-14)19-15(20)10-5-6-10/h4,7-8,10H,1-3,5-6,17H2,(H,18,19,20). The average molecular weight is 299 g/mol. The molecule has 3 N–H and O–H groups in total. The lowest BCUT2D eigenvalue weighted by Gasteiger charge is -2.03. The van der Waals surface area contributed by atoms with Gasteiger partial charge in [-0.25, -0.2) is 4.98 Å². The summed E-state index contributed by atoms with van der Waals surface area (Å²) in [6.07, 6.45) is 5.52. The van der Waals surface area contributed by atoms with Crippen molar-refractivity contribution < 1.29 is 4.79 Å². The van der Waals surface area contributed by atoms with Crippen LogP contribution < -0.4 is 11.1 Å². The molecule has 2 aromatic rings. The van der Waals surface area contributed by atoms with Crippen LogP contribution >= 0.6 is 11.3 Å². The Morgan fingerprint density at radius 1 is 1.29 bits per heavy atom. The Bertz CT molecular complexity index is 718. The monoisotopic (exact) mass is 299 g/mol. The Morgan fingerprint density at radius 2 is 2.10 bits per heavy atom. The van der Waals surface area contributed by atoms with E-state index in [1.54, 1.807) is 0 Å². The van der Waals surface area contributed by atoms with Gasteiger partial charge < -0.3 is 11.1 Å². The van der Waals surface area contributed by atoms with Crippen molar-refractivity contribution in [3.63, 3.8) is 0 Å². The molecule has 0 unspecified atom stereocenters. The fraction of sp³-hybridized carbons (Fsp3) is 0.375. The minimum atomic E-state index is 0.0734. The van der Waals surface area contributed by atoms with Crippen molar-refractivity contribution in [1.29, 1.82) is 0 Å². The Labute approximate surface area is 127 Å². The van der Waals surface area contributed by atoms with E-state index in [1.165, 1.54) is 35.3 Å². The number of benzene rings is 1. The van der Waals surface area contributed by atoms with Crippen molar-refractivity contribution in [2.75, 3.05) is 11.1 Å². The summed E-state index contributed by atoms with van der Waals surface area (Å²) in [7, 11) is 0. The molecule has 0 radical (unpaired) electrons. The Kier molecular flexibility index (Phi) is 2.96. The molecule has 1 aromatic heterocycles. The minimum Gasteiger partial charge on any atom is -0.389 e. The lowest BCUT2D eigenvalue weighted by Crippen LogP contribution is -2.12. The third-order valence-electron chi connectivity index (χ3n) is 4.20. The first-order chi connectivity index (χ1) is 10.2. The van der Waals surface area contributed by atoms with Crippen molar-refractivity contribution in [1.82, 2.24) is 4.98 Å². The van der Waals surface area contributed by atoms with Gasteiger partial charge in [0.2, 0.25) is 5.91 Å². The maximum atomic E-state index is 11.8. The number of carbonyl (C=O) groups is 1. The molecule has 5 heteroatoms. The Balaban J connectivity index is 1.62. The van der Waals surface area contributed by atoms with E-state index in [9.17, 15) is 4.79 Å². The summed E-state index contributed by atoms with van der Waals surface area (Å²) >= 11 is 1.35. The van der Waals surface area contributed by atoms with E-state index in [4.69, 9.17) is 5.73 Å². The summed E-state index contributed by atoms with van der Waals surface area (Å²) in [6, 6.07) is 6.46. The predicted octanol–water partition coefficient (Wildman–Crippen LogP) is 3.23. The van der Waals surface area contributed by atoms with Crippen LogP contribution in [0.4, 0.5) is 10.1 Å². The van der Waals surface area contributed by atoms with Gasteiger partial charge in [0.25, 0.3) is 0 Å². The van der Waals surface area contributed by atoms with Crippen LogP contribution in [0.1, 0.15) is 30.4 Å². The van der Waals surface area contributed by atoms with Crippen LogP contribution in [-0.2, 0) is 17.6 Å². The van der Waals surface area contributed by atoms with Crippen LogP contribution in [0.25, 0.3) is 11.3 Å². The highest BCUT2D eigenvalue weighted by atomic mass is 32.1. The number of thiazole rings is 1. The fourth-order valence-electron chi connectivity index (χ4n) is 2.86. The summed E-state index contributed by atoms with van der Waals surface area (Å²) in [4.78, 5) is 16.3. The maximum Gasteiger partial charge on any atom is 0.229 e. The van der Waals surface area contributed by atoms with E-state index in [-0.39, 0.29) is 11.8 Å². The minimum absolute atomic E-state index is 0.0734. The van der Waals surface area contributed by atoms with Gasteiger partial charge >= 0.3 is 0 Å². The molecule has 0 atom stereocenters. The lowest BCUT2D eigenvalue weighted by atomic mass is 10.0. The number of nitrogens with two attached hydrogens (primary N) is 1. The van der Waals surface area contributed by atoms with E-state index in [0.29, 0.717) is 10.1 Å². The largest absolute Gasteiger partial charge is 0.389 e. The zero-order valence-electron chi connectivity index (χ0n) is 11.7. The average Bonchev–Trinajstić information content (AvgIpc) is 3.12. The van der Waals surface area contributed by atoms with Crippen LogP contribution in [0.15, 0.2) is 18.2 Å². The van der Waals surface area contributed by atoms with Crippen LogP contribution in [0.3, 0.4) is 0 Å². The van der Waals surface area contributed by atoms with Gasteiger partial charge in [0.1, 0.15) is 10.7 Å². The highest BCUT2D eigenvalue weighted by Gasteiger charge is 2.30. The first kappa shape index (κ1) is 12.8. The van der Waals surface area contributed by atoms with Gasteiger partial charge in [-0.15, -0.1) is 0 Å². The Morgan fingerprint density at radius 3 is 2.90 bits per heavy atom. The molecule has 2 aliphatic carbocycles. The van der Waals surface area contributed by atoms with Crippen molar-refractivity contribution in [3.8, 4) is 11.3 Å². The molecular weight excluding hydrogens is 282 g/mol. The number of fused-ring (bicyclic) bond motifs is 1. The molecule has 4 rings (SSSR count). The second-order valence-electron chi connectivity index (χ2n) is 5.83. The van der Waals surface area contributed by atoms with E-state index >= 15 is 0 Å². The van der Waals surface area contributed by atoms with Crippen molar-refractivity contribution in [2.24, 2.45) is 5.92 Å². The van der Waals surface area contributed by atoms with Gasteiger partial charge in [-0.05, 0) is 49.3 Å². The number of rotatable bonds is 3. The second-order valence-corrected chi connectivity index (χ2v) is 6.86. The van der Waals surface area contributed by atoms with Gasteiger partial charge in [0.05, 0.1) is 0 Å². The first-order valence-electron chi connectivity index (χ1n) is 7.40. The van der Waals surface area contributed by atoms with E-state index in [1.807, 2.05) is 0 Å². The number of nitrogens with zero attached hydrogens (tertiary/aromatic N) is 1. The molecule has 1 heterocycles.